The Morgan fingerprint density at radius 1 is 1.43 bits per heavy atom. The molecule has 3 rings (SSSR count). The van der Waals surface area contributed by atoms with E-state index in [2.05, 4.69) is 0 Å². The van der Waals surface area contributed by atoms with Gasteiger partial charge in [0, 0.05) is 32.1 Å². The quantitative estimate of drug-likeness (QED) is 0.917. The van der Waals surface area contributed by atoms with Crippen LogP contribution in [0.1, 0.15) is 24.8 Å². The zero-order valence-corrected chi connectivity index (χ0v) is 13.3. The van der Waals surface area contributed by atoms with Crippen LogP contribution in [-0.2, 0) is 9.59 Å². The third-order valence-electron chi connectivity index (χ3n) is 4.80. The van der Waals surface area contributed by atoms with Crippen molar-refractivity contribution in [3.05, 3.63) is 29.6 Å². The SMILES string of the molecule is Cc1ccc(N2C[C@H](C(=O)N3CCC[C@H]3CN)CC2=O)c(F)c1. The van der Waals surface area contributed by atoms with Gasteiger partial charge in [0.1, 0.15) is 5.82 Å². The van der Waals surface area contributed by atoms with Crippen LogP contribution in [-0.4, -0.2) is 42.4 Å². The Balaban J connectivity index is 1.75. The summed E-state index contributed by atoms with van der Waals surface area (Å²) in [7, 11) is 0. The first-order chi connectivity index (χ1) is 11.0. The van der Waals surface area contributed by atoms with Crippen LogP contribution >= 0.6 is 0 Å². The highest BCUT2D eigenvalue weighted by Crippen LogP contribution is 2.30. The number of aryl methyl sites for hydroxylation is 1. The van der Waals surface area contributed by atoms with Crippen molar-refractivity contribution in [3.8, 4) is 0 Å². The first kappa shape index (κ1) is 15.9. The summed E-state index contributed by atoms with van der Waals surface area (Å²) in [6, 6.07) is 4.85. The molecule has 1 aromatic carbocycles. The zero-order valence-electron chi connectivity index (χ0n) is 13.3. The highest BCUT2D eigenvalue weighted by atomic mass is 19.1. The van der Waals surface area contributed by atoms with Crippen LogP contribution in [0.5, 0.6) is 0 Å². The van der Waals surface area contributed by atoms with Crippen molar-refractivity contribution in [1.29, 1.82) is 0 Å². The largest absolute Gasteiger partial charge is 0.338 e. The molecule has 2 aliphatic rings. The Hall–Kier alpha value is -1.95. The molecule has 5 nitrogen and oxygen atoms in total. The molecule has 2 fully saturated rings. The molecule has 0 radical (unpaired) electrons. The molecule has 0 aliphatic carbocycles. The molecule has 2 heterocycles. The lowest BCUT2D eigenvalue weighted by Crippen LogP contribution is -2.43. The van der Waals surface area contributed by atoms with Crippen LogP contribution in [0, 0.1) is 18.7 Å². The fourth-order valence-corrected chi connectivity index (χ4v) is 3.54. The van der Waals surface area contributed by atoms with Gasteiger partial charge >= 0.3 is 0 Å². The molecule has 0 saturated carbocycles. The summed E-state index contributed by atoms with van der Waals surface area (Å²) in [6.45, 7) is 3.18. The van der Waals surface area contributed by atoms with Crippen molar-refractivity contribution in [2.75, 3.05) is 24.5 Å². The van der Waals surface area contributed by atoms with Crippen molar-refractivity contribution in [3.63, 3.8) is 0 Å². The summed E-state index contributed by atoms with van der Waals surface area (Å²) in [6.07, 6.45) is 2.00. The molecule has 0 bridgehead atoms. The maximum atomic E-state index is 14.1. The topological polar surface area (TPSA) is 66.6 Å². The molecule has 2 N–H and O–H groups in total. The number of anilines is 1. The number of amides is 2. The minimum Gasteiger partial charge on any atom is -0.338 e. The van der Waals surface area contributed by atoms with Gasteiger partial charge in [-0.15, -0.1) is 0 Å². The van der Waals surface area contributed by atoms with E-state index in [1.165, 1.54) is 11.0 Å². The monoisotopic (exact) mass is 319 g/mol. The van der Waals surface area contributed by atoms with E-state index in [9.17, 15) is 14.0 Å². The summed E-state index contributed by atoms with van der Waals surface area (Å²) in [5, 5.41) is 0. The standard InChI is InChI=1S/C17H22FN3O2/c1-11-4-5-15(14(18)7-11)21-10-12(8-16(21)22)17(23)20-6-2-3-13(20)9-19/h4-5,7,12-13H,2-3,6,8-10,19H2,1H3/t12-,13+/m1/s1. The molecular formula is C17H22FN3O2. The third-order valence-corrected chi connectivity index (χ3v) is 4.80. The lowest BCUT2D eigenvalue weighted by molar-refractivity contribution is -0.136. The smallest absolute Gasteiger partial charge is 0.228 e. The van der Waals surface area contributed by atoms with Crippen molar-refractivity contribution in [2.45, 2.75) is 32.2 Å². The molecule has 6 heteroatoms. The minimum atomic E-state index is -0.424. The van der Waals surface area contributed by atoms with E-state index in [0.717, 1.165) is 18.4 Å². The maximum absolute atomic E-state index is 14.1. The van der Waals surface area contributed by atoms with Crippen LogP contribution in [0.4, 0.5) is 10.1 Å². The van der Waals surface area contributed by atoms with E-state index in [4.69, 9.17) is 5.73 Å². The maximum Gasteiger partial charge on any atom is 0.228 e. The predicted octanol–water partition coefficient (Wildman–Crippen LogP) is 1.44. The normalized spacial score (nSPS) is 24.6. The van der Waals surface area contributed by atoms with E-state index in [0.29, 0.717) is 13.1 Å². The summed E-state index contributed by atoms with van der Waals surface area (Å²) in [4.78, 5) is 28.1. The molecule has 0 aromatic heterocycles. The fraction of sp³-hybridized carbons (Fsp3) is 0.529. The van der Waals surface area contributed by atoms with Gasteiger partial charge in [0.05, 0.1) is 11.6 Å². The Morgan fingerprint density at radius 3 is 2.91 bits per heavy atom. The summed E-state index contributed by atoms with van der Waals surface area (Å²) in [5.41, 5.74) is 6.78. The number of nitrogens with two attached hydrogens (primary N) is 1. The molecule has 2 amide bonds. The highest BCUT2D eigenvalue weighted by molar-refractivity contribution is 6.00. The van der Waals surface area contributed by atoms with Gasteiger partial charge in [-0.1, -0.05) is 6.07 Å². The van der Waals surface area contributed by atoms with Crippen molar-refractivity contribution in [2.24, 2.45) is 11.7 Å². The average Bonchev–Trinajstić information content (AvgIpc) is 3.13. The number of halogens is 1. The van der Waals surface area contributed by atoms with Gasteiger partial charge in [0.15, 0.2) is 0 Å². The molecule has 2 saturated heterocycles. The number of hydrogen-bond donors (Lipinski definition) is 1. The van der Waals surface area contributed by atoms with Crippen molar-refractivity contribution >= 4 is 17.5 Å². The molecule has 124 valence electrons. The number of carbonyl (C=O) groups excluding carboxylic acids is 2. The third kappa shape index (κ3) is 2.95. The van der Waals surface area contributed by atoms with Crippen LogP contribution in [0.3, 0.4) is 0 Å². The first-order valence-corrected chi connectivity index (χ1v) is 8.08. The Labute approximate surface area is 135 Å². The molecular weight excluding hydrogens is 297 g/mol. The second-order valence-electron chi connectivity index (χ2n) is 6.42. The molecule has 2 atom stereocenters. The van der Waals surface area contributed by atoms with E-state index >= 15 is 0 Å². The summed E-state index contributed by atoms with van der Waals surface area (Å²) >= 11 is 0. The van der Waals surface area contributed by atoms with E-state index in [1.54, 1.807) is 24.0 Å². The van der Waals surface area contributed by atoms with Crippen molar-refractivity contribution in [1.82, 2.24) is 4.90 Å². The Morgan fingerprint density at radius 2 is 2.22 bits per heavy atom. The van der Waals surface area contributed by atoms with Gasteiger partial charge in [-0.05, 0) is 37.5 Å². The summed E-state index contributed by atoms with van der Waals surface area (Å²) < 4.78 is 14.1. The lowest BCUT2D eigenvalue weighted by atomic mass is 10.1. The van der Waals surface area contributed by atoms with Gasteiger partial charge in [-0.2, -0.15) is 0 Å². The van der Waals surface area contributed by atoms with Gasteiger partial charge < -0.3 is 15.5 Å². The number of likely N-dealkylation sites (tertiary alicyclic amines) is 1. The molecule has 0 spiro atoms. The molecule has 0 unspecified atom stereocenters. The van der Waals surface area contributed by atoms with Crippen LogP contribution < -0.4 is 10.6 Å². The average molecular weight is 319 g/mol. The summed E-state index contributed by atoms with van der Waals surface area (Å²) in [5.74, 6) is -1.06. The number of carbonyl (C=O) groups is 2. The van der Waals surface area contributed by atoms with Gasteiger partial charge in [-0.25, -0.2) is 4.39 Å². The van der Waals surface area contributed by atoms with Crippen molar-refractivity contribution < 1.29 is 14.0 Å². The van der Waals surface area contributed by atoms with E-state index < -0.39 is 11.7 Å². The number of rotatable bonds is 3. The van der Waals surface area contributed by atoms with Gasteiger partial charge in [0.25, 0.3) is 0 Å². The molecule has 23 heavy (non-hydrogen) atoms. The lowest BCUT2D eigenvalue weighted by Gasteiger charge is -2.26. The zero-order chi connectivity index (χ0) is 16.6. The first-order valence-electron chi connectivity index (χ1n) is 8.08. The Kier molecular flexibility index (Phi) is 4.35. The predicted molar refractivity (Wildman–Crippen MR) is 85.4 cm³/mol. The van der Waals surface area contributed by atoms with Crippen LogP contribution in [0.2, 0.25) is 0 Å². The molecule has 1 aromatic rings. The van der Waals surface area contributed by atoms with Crippen LogP contribution in [0.25, 0.3) is 0 Å². The number of nitrogens with zero attached hydrogens (tertiary/aromatic N) is 2. The molecule has 2 aliphatic heterocycles. The number of hydrogen-bond acceptors (Lipinski definition) is 3. The van der Waals surface area contributed by atoms with E-state index in [1.807, 2.05) is 0 Å². The number of benzene rings is 1. The second-order valence-corrected chi connectivity index (χ2v) is 6.42. The van der Waals surface area contributed by atoms with Gasteiger partial charge in [0.2, 0.25) is 11.8 Å². The van der Waals surface area contributed by atoms with E-state index in [-0.39, 0.29) is 36.5 Å². The highest BCUT2D eigenvalue weighted by Gasteiger charge is 2.40. The second kappa shape index (κ2) is 6.28. The van der Waals surface area contributed by atoms with Gasteiger partial charge in [-0.3, -0.25) is 9.59 Å². The fourth-order valence-electron chi connectivity index (χ4n) is 3.54. The minimum absolute atomic E-state index is 0.0266. The van der Waals surface area contributed by atoms with Crippen LogP contribution in [0.15, 0.2) is 18.2 Å². The Bertz CT molecular complexity index is 634.